The van der Waals surface area contributed by atoms with Gasteiger partial charge in [0.1, 0.15) is 0 Å². The van der Waals surface area contributed by atoms with Crippen LogP contribution in [0.15, 0.2) is 18.2 Å². The fourth-order valence-corrected chi connectivity index (χ4v) is 3.98. The summed E-state index contributed by atoms with van der Waals surface area (Å²) in [4.78, 5) is 11.8. The van der Waals surface area contributed by atoms with Crippen LogP contribution >= 0.6 is 0 Å². The highest BCUT2D eigenvalue weighted by Crippen LogP contribution is 2.36. The Kier molecular flexibility index (Phi) is 6.14. The van der Waals surface area contributed by atoms with Gasteiger partial charge in [-0.3, -0.25) is 9.10 Å². The van der Waals surface area contributed by atoms with Gasteiger partial charge < -0.3 is 5.32 Å². The van der Waals surface area contributed by atoms with Gasteiger partial charge in [0.05, 0.1) is 18.5 Å². The Morgan fingerprint density at radius 2 is 1.68 bits per heavy atom. The highest BCUT2D eigenvalue weighted by molar-refractivity contribution is 7.92. The van der Waals surface area contributed by atoms with Gasteiger partial charge in [-0.05, 0) is 35.8 Å². The zero-order chi connectivity index (χ0) is 18.8. The molecule has 0 radical (unpaired) electrons. The maximum Gasteiger partial charge on any atom is 0.232 e. The van der Waals surface area contributed by atoms with Crippen LogP contribution in [0.4, 0.5) is 5.69 Å². The number of nitrogens with one attached hydrogen (secondary N) is 1. The predicted octanol–water partition coefficient (Wildman–Crippen LogP) is 3.23. The molecule has 1 aromatic rings. The van der Waals surface area contributed by atoms with Gasteiger partial charge in [0.15, 0.2) is 0 Å². The number of rotatable bonds is 8. The normalized spacial score (nSPS) is 14.8. The van der Waals surface area contributed by atoms with Crippen molar-refractivity contribution in [1.82, 2.24) is 5.32 Å². The Balaban J connectivity index is 2.34. The van der Waals surface area contributed by atoms with Crippen LogP contribution < -0.4 is 9.62 Å². The molecule has 0 unspecified atom stereocenters. The number of amides is 1. The van der Waals surface area contributed by atoms with Crippen LogP contribution in [0.1, 0.15) is 63.5 Å². The first kappa shape index (κ1) is 19.8. The third-order valence-corrected chi connectivity index (χ3v) is 5.72. The van der Waals surface area contributed by atoms with Gasteiger partial charge in [0.2, 0.25) is 15.9 Å². The third-order valence-electron chi connectivity index (χ3n) is 4.55. The quantitative estimate of drug-likeness (QED) is 0.768. The van der Waals surface area contributed by atoms with E-state index in [1.165, 1.54) is 10.6 Å². The van der Waals surface area contributed by atoms with Crippen molar-refractivity contribution in [3.05, 3.63) is 29.3 Å². The molecule has 0 bridgehead atoms. The van der Waals surface area contributed by atoms with Crippen LogP contribution in [0.5, 0.6) is 0 Å². The third kappa shape index (κ3) is 4.97. The van der Waals surface area contributed by atoms with E-state index in [4.69, 9.17) is 0 Å². The summed E-state index contributed by atoms with van der Waals surface area (Å²) in [5.74, 6) is 0.577. The lowest BCUT2D eigenvalue weighted by Crippen LogP contribution is -2.39. The summed E-state index contributed by atoms with van der Waals surface area (Å²) >= 11 is 0. The topological polar surface area (TPSA) is 66.5 Å². The molecule has 0 aliphatic heterocycles. The van der Waals surface area contributed by atoms with Crippen molar-refractivity contribution in [2.24, 2.45) is 5.92 Å². The van der Waals surface area contributed by atoms with E-state index in [9.17, 15) is 13.2 Å². The lowest BCUT2D eigenvalue weighted by Gasteiger charge is -2.30. The number of carbonyl (C=O) groups excluding carboxylic acids is 1. The first-order valence-corrected chi connectivity index (χ1v) is 10.9. The van der Waals surface area contributed by atoms with Gasteiger partial charge in [-0.2, -0.15) is 0 Å². The molecule has 0 aromatic heterocycles. The van der Waals surface area contributed by atoms with Gasteiger partial charge in [-0.1, -0.05) is 45.9 Å². The van der Waals surface area contributed by atoms with Crippen molar-refractivity contribution in [3.8, 4) is 0 Å². The second-order valence-corrected chi connectivity index (χ2v) is 9.40. The molecule has 0 atom stereocenters. The van der Waals surface area contributed by atoms with Crippen LogP contribution in [0.25, 0.3) is 0 Å². The Labute approximate surface area is 151 Å². The summed E-state index contributed by atoms with van der Waals surface area (Å²) in [5, 5.41) is 2.87. The molecule has 140 valence electrons. The van der Waals surface area contributed by atoms with E-state index in [1.807, 2.05) is 18.2 Å². The molecule has 1 aliphatic carbocycles. The maximum atomic E-state index is 12.5. The Morgan fingerprint density at radius 1 is 1.16 bits per heavy atom. The van der Waals surface area contributed by atoms with Crippen molar-refractivity contribution in [3.63, 3.8) is 0 Å². The van der Waals surface area contributed by atoms with Crippen molar-refractivity contribution in [1.29, 1.82) is 0 Å². The monoisotopic (exact) mass is 366 g/mol. The second kappa shape index (κ2) is 7.77. The molecule has 0 saturated heterocycles. The number of hydrogen-bond donors (Lipinski definition) is 1. The standard InChI is InChI=1S/C19H30N2O3S/c1-13(2)16-7-6-8-17(14(3)4)18(16)21(25(5,23)24)12-11-20-19(22)15-9-10-15/h6-8,13-15H,9-12H2,1-5H3,(H,20,22). The highest BCUT2D eigenvalue weighted by Gasteiger charge is 2.30. The van der Waals surface area contributed by atoms with Crippen LogP contribution in [0.2, 0.25) is 0 Å². The minimum absolute atomic E-state index is 0.0367. The zero-order valence-corrected chi connectivity index (χ0v) is 16.7. The molecular formula is C19H30N2O3S. The molecule has 1 N–H and O–H groups in total. The zero-order valence-electron chi connectivity index (χ0n) is 15.9. The largest absolute Gasteiger partial charge is 0.354 e. The van der Waals surface area contributed by atoms with E-state index in [0.717, 1.165) is 29.7 Å². The molecule has 2 rings (SSSR count). The van der Waals surface area contributed by atoms with Crippen molar-refractivity contribution in [2.45, 2.75) is 52.4 Å². The minimum atomic E-state index is -3.45. The van der Waals surface area contributed by atoms with Gasteiger partial charge in [0.25, 0.3) is 0 Å². The van der Waals surface area contributed by atoms with Crippen molar-refractivity contribution < 1.29 is 13.2 Å². The summed E-state index contributed by atoms with van der Waals surface area (Å²) < 4.78 is 26.5. The number of anilines is 1. The summed E-state index contributed by atoms with van der Waals surface area (Å²) in [5.41, 5.74) is 2.81. The predicted molar refractivity (Wildman–Crippen MR) is 103 cm³/mol. The first-order chi connectivity index (χ1) is 11.6. The van der Waals surface area contributed by atoms with Crippen LogP contribution in [-0.4, -0.2) is 33.7 Å². The summed E-state index contributed by atoms with van der Waals surface area (Å²) in [7, 11) is -3.45. The molecular weight excluding hydrogens is 336 g/mol. The number of nitrogens with zero attached hydrogens (tertiary/aromatic N) is 1. The molecule has 1 amide bonds. The summed E-state index contributed by atoms with van der Waals surface area (Å²) in [6.45, 7) is 8.85. The number of carbonyl (C=O) groups is 1. The Morgan fingerprint density at radius 3 is 2.08 bits per heavy atom. The van der Waals surface area contributed by atoms with Crippen molar-refractivity contribution >= 4 is 21.6 Å². The van der Waals surface area contributed by atoms with Gasteiger partial charge in [0, 0.05) is 12.5 Å². The lowest BCUT2D eigenvalue weighted by atomic mass is 9.92. The SMILES string of the molecule is CC(C)c1cccc(C(C)C)c1N(CCNC(=O)C1CC1)S(C)(=O)=O. The smallest absolute Gasteiger partial charge is 0.232 e. The van der Waals surface area contributed by atoms with E-state index in [1.54, 1.807) is 0 Å². The maximum absolute atomic E-state index is 12.5. The highest BCUT2D eigenvalue weighted by atomic mass is 32.2. The molecule has 0 heterocycles. The fraction of sp³-hybridized carbons (Fsp3) is 0.632. The number of benzene rings is 1. The molecule has 25 heavy (non-hydrogen) atoms. The second-order valence-electron chi connectivity index (χ2n) is 7.49. The average Bonchev–Trinajstić information content (AvgIpc) is 3.34. The van der Waals surface area contributed by atoms with E-state index in [0.29, 0.717) is 6.54 Å². The van der Waals surface area contributed by atoms with E-state index in [2.05, 4.69) is 33.0 Å². The number of hydrogen-bond acceptors (Lipinski definition) is 3. The molecule has 5 nitrogen and oxygen atoms in total. The molecule has 1 aromatic carbocycles. The lowest BCUT2D eigenvalue weighted by molar-refractivity contribution is -0.122. The van der Waals surface area contributed by atoms with Gasteiger partial charge in [-0.25, -0.2) is 8.42 Å². The number of para-hydroxylation sites is 1. The van der Waals surface area contributed by atoms with Crippen LogP contribution in [0.3, 0.4) is 0 Å². The summed E-state index contributed by atoms with van der Waals surface area (Å²) in [6, 6.07) is 5.98. The fourth-order valence-electron chi connectivity index (χ4n) is 3.01. The van der Waals surface area contributed by atoms with Crippen molar-refractivity contribution in [2.75, 3.05) is 23.7 Å². The van der Waals surface area contributed by atoms with Gasteiger partial charge >= 0.3 is 0 Å². The molecule has 6 heteroatoms. The van der Waals surface area contributed by atoms with E-state index < -0.39 is 10.0 Å². The Hall–Kier alpha value is -1.56. The molecule has 1 aliphatic rings. The molecule has 1 saturated carbocycles. The van der Waals surface area contributed by atoms with E-state index >= 15 is 0 Å². The molecule has 0 spiro atoms. The minimum Gasteiger partial charge on any atom is -0.354 e. The van der Waals surface area contributed by atoms with E-state index in [-0.39, 0.29) is 30.2 Å². The summed E-state index contributed by atoms with van der Waals surface area (Å²) in [6.07, 6.45) is 3.11. The van der Waals surface area contributed by atoms with Crippen LogP contribution in [-0.2, 0) is 14.8 Å². The number of sulfonamides is 1. The first-order valence-electron chi connectivity index (χ1n) is 9.01. The van der Waals surface area contributed by atoms with Gasteiger partial charge in [-0.15, -0.1) is 0 Å². The van der Waals surface area contributed by atoms with Crippen LogP contribution in [0, 0.1) is 5.92 Å². The molecule has 1 fully saturated rings. The Bertz CT molecular complexity index is 696. The average molecular weight is 367 g/mol.